The number of amides is 1. The van der Waals surface area contributed by atoms with Crippen molar-refractivity contribution in [3.05, 3.63) is 69.5 Å². The second-order valence-electron chi connectivity index (χ2n) is 9.37. The van der Waals surface area contributed by atoms with Crippen LogP contribution in [-0.4, -0.2) is 56.3 Å². The fourth-order valence-electron chi connectivity index (χ4n) is 4.51. The number of ether oxygens (including phenoxy) is 5. The van der Waals surface area contributed by atoms with Crippen LogP contribution in [0.4, 0.5) is 5.69 Å². The molecular formula is C31H34ClN3O7S. The number of hydrogen-bond acceptors (Lipinski definition) is 9. The number of carbonyl (C=O) groups is 1. The minimum atomic E-state index is -0.558. The molecule has 1 atom stereocenters. The molecule has 0 bridgehead atoms. The van der Waals surface area contributed by atoms with Crippen LogP contribution in [0.1, 0.15) is 18.9 Å². The third-order valence-electron chi connectivity index (χ3n) is 6.83. The number of fused-ring (bicyclic) bond motifs is 1. The topological polar surface area (TPSA) is 110 Å². The zero-order chi connectivity index (χ0) is 31.1. The maximum absolute atomic E-state index is 13.9. The van der Waals surface area contributed by atoms with Gasteiger partial charge in [0.1, 0.15) is 5.75 Å². The molecule has 10 nitrogen and oxygen atoms in total. The van der Waals surface area contributed by atoms with E-state index in [0.29, 0.717) is 74.9 Å². The molecule has 4 rings (SSSR count). The number of halogens is 1. The molecule has 43 heavy (non-hydrogen) atoms. The molecular weight excluding hydrogens is 594 g/mol. The lowest BCUT2D eigenvalue weighted by Gasteiger charge is -2.19. The van der Waals surface area contributed by atoms with E-state index in [1.807, 2.05) is 25.1 Å². The Kier molecular flexibility index (Phi) is 10.7. The first kappa shape index (κ1) is 31.8. The highest BCUT2D eigenvalue weighted by atomic mass is 35.5. The SMILES string of the molecule is CC[C@@H](Sc1nc2cc(OC)c(OC)cc2c(=O)n1CCc1ccc(OC)c(OC)c1)C(=O)Nc1ccc(OC)c(Cl)c1. The number of hydrogen-bond donors (Lipinski definition) is 1. The van der Waals surface area contributed by atoms with Crippen LogP contribution in [0.15, 0.2) is 58.5 Å². The van der Waals surface area contributed by atoms with E-state index in [1.165, 1.54) is 33.1 Å². The van der Waals surface area contributed by atoms with Crippen molar-refractivity contribution in [2.24, 2.45) is 0 Å². The van der Waals surface area contributed by atoms with Gasteiger partial charge in [-0.05, 0) is 54.8 Å². The lowest BCUT2D eigenvalue weighted by Crippen LogP contribution is -2.28. The standard InChI is InChI=1S/C31H34ClN3O7S/c1-7-28(29(36)33-19-9-11-23(38-2)21(32)15-19)43-31-34-22-17-27(42-6)26(41-5)16-20(22)30(37)35(31)13-12-18-8-10-24(39-3)25(14-18)40-4/h8-11,14-17,28H,7,12-13H2,1-6H3,(H,33,36)/t28-/m1/s1. The van der Waals surface area contributed by atoms with Crippen LogP contribution < -0.4 is 34.6 Å². The van der Waals surface area contributed by atoms with Gasteiger partial charge in [0.25, 0.3) is 5.56 Å². The summed E-state index contributed by atoms with van der Waals surface area (Å²) in [6, 6.07) is 13.9. The van der Waals surface area contributed by atoms with Gasteiger partial charge in [-0.1, -0.05) is 36.4 Å². The van der Waals surface area contributed by atoms with E-state index < -0.39 is 5.25 Å². The molecule has 0 fully saturated rings. The van der Waals surface area contributed by atoms with E-state index in [-0.39, 0.29) is 11.5 Å². The molecule has 1 heterocycles. The van der Waals surface area contributed by atoms with E-state index in [0.717, 1.165) is 5.56 Å². The minimum Gasteiger partial charge on any atom is -0.495 e. The summed E-state index contributed by atoms with van der Waals surface area (Å²) in [6.07, 6.45) is 0.984. The van der Waals surface area contributed by atoms with Crippen molar-refractivity contribution in [3.63, 3.8) is 0 Å². The van der Waals surface area contributed by atoms with Gasteiger partial charge >= 0.3 is 0 Å². The monoisotopic (exact) mass is 627 g/mol. The quantitative estimate of drug-likeness (QED) is 0.144. The molecule has 0 unspecified atom stereocenters. The van der Waals surface area contributed by atoms with Crippen LogP contribution in [0.2, 0.25) is 5.02 Å². The third-order valence-corrected chi connectivity index (χ3v) is 8.48. The van der Waals surface area contributed by atoms with Crippen molar-refractivity contribution in [2.45, 2.75) is 36.7 Å². The number of aryl methyl sites for hydroxylation is 1. The first-order valence-corrected chi connectivity index (χ1v) is 14.7. The van der Waals surface area contributed by atoms with E-state index in [2.05, 4.69) is 5.32 Å². The Bertz CT molecular complexity index is 1680. The van der Waals surface area contributed by atoms with Crippen molar-refractivity contribution >= 4 is 45.9 Å². The van der Waals surface area contributed by atoms with Gasteiger partial charge in [-0.25, -0.2) is 4.98 Å². The zero-order valence-electron chi connectivity index (χ0n) is 24.9. The van der Waals surface area contributed by atoms with E-state index >= 15 is 0 Å². The molecule has 1 aromatic heterocycles. The van der Waals surface area contributed by atoms with Crippen LogP contribution in [0.3, 0.4) is 0 Å². The molecule has 3 aromatic carbocycles. The number of nitrogens with one attached hydrogen (secondary N) is 1. The molecule has 0 aliphatic heterocycles. The Morgan fingerprint density at radius 1 is 0.884 bits per heavy atom. The predicted octanol–water partition coefficient (Wildman–Crippen LogP) is 5.85. The summed E-state index contributed by atoms with van der Waals surface area (Å²) >= 11 is 7.48. The van der Waals surface area contributed by atoms with Crippen molar-refractivity contribution in [1.29, 1.82) is 0 Å². The minimum absolute atomic E-state index is 0.248. The van der Waals surface area contributed by atoms with Gasteiger partial charge in [0.15, 0.2) is 28.2 Å². The van der Waals surface area contributed by atoms with Crippen molar-refractivity contribution < 1.29 is 28.5 Å². The van der Waals surface area contributed by atoms with E-state index in [1.54, 1.807) is 49.1 Å². The number of aromatic nitrogens is 2. The number of benzene rings is 3. The number of methoxy groups -OCH3 is 5. The van der Waals surface area contributed by atoms with Crippen molar-refractivity contribution in [2.75, 3.05) is 40.9 Å². The average molecular weight is 628 g/mol. The molecule has 0 radical (unpaired) electrons. The number of rotatable bonds is 13. The van der Waals surface area contributed by atoms with Gasteiger partial charge in [-0.2, -0.15) is 0 Å². The molecule has 0 aliphatic carbocycles. The van der Waals surface area contributed by atoms with Gasteiger partial charge < -0.3 is 29.0 Å². The third kappa shape index (κ3) is 7.11. The normalized spacial score (nSPS) is 11.6. The zero-order valence-corrected chi connectivity index (χ0v) is 26.4. The van der Waals surface area contributed by atoms with E-state index in [4.69, 9.17) is 40.3 Å². The second-order valence-corrected chi connectivity index (χ2v) is 10.9. The Morgan fingerprint density at radius 2 is 1.51 bits per heavy atom. The second kappa shape index (κ2) is 14.4. The summed E-state index contributed by atoms with van der Waals surface area (Å²) in [4.78, 5) is 32.2. The Morgan fingerprint density at radius 3 is 2.14 bits per heavy atom. The molecule has 0 spiro atoms. The summed E-state index contributed by atoms with van der Waals surface area (Å²) < 4.78 is 28.5. The number of anilines is 1. The molecule has 1 N–H and O–H groups in total. The van der Waals surface area contributed by atoms with Crippen LogP contribution in [0.25, 0.3) is 10.9 Å². The molecule has 228 valence electrons. The Hall–Kier alpha value is -4.09. The van der Waals surface area contributed by atoms with Crippen LogP contribution in [-0.2, 0) is 17.8 Å². The summed E-state index contributed by atoms with van der Waals surface area (Å²) in [6.45, 7) is 2.21. The molecule has 0 aliphatic rings. The number of nitrogens with zero attached hydrogens (tertiary/aromatic N) is 2. The average Bonchev–Trinajstić information content (AvgIpc) is 3.02. The fraction of sp³-hybridized carbons (Fsp3) is 0.323. The van der Waals surface area contributed by atoms with Crippen molar-refractivity contribution in [3.8, 4) is 28.7 Å². The van der Waals surface area contributed by atoms with Gasteiger partial charge in [-0.15, -0.1) is 0 Å². The first-order chi connectivity index (χ1) is 20.8. The lowest BCUT2D eigenvalue weighted by molar-refractivity contribution is -0.115. The first-order valence-electron chi connectivity index (χ1n) is 13.4. The highest BCUT2D eigenvalue weighted by Gasteiger charge is 2.23. The lowest BCUT2D eigenvalue weighted by atomic mass is 10.1. The largest absolute Gasteiger partial charge is 0.495 e. The maximum atomic E-state index is 13.9. The molecule has 4 aromatic rings. The maximum Gasteiger partial charge on any atom is 0.262 e. The summed E-state index contributed by atoms with van der Waals surface area (Å²) in [5.41, 5.74) is 1.65. The fourth-order valence-corrected chi connectivity index (χ4v) is 5.81. The number of thioether (sulfide) groups is 1. The van der Waals surface area contributed by atoms with Crippen LogP contribution in [0, 0.1) is 0 Å². The summed E-state index contributed by atoms with van der Waals surface area (Å²) in [7, 11) is 7.71. The predicted molar refractivity (Wildman–Crippen MR) is 169 cm³/mol. The highest BCUT2D eigenvalue weighted by Crippen LogP contribution is 2.33. The van der Waals surface area contributed by atoms with E-state index in [9.17, 15) is 9.59 Å². The summed E-state index contributed by atoms with van der Waals surface area (Å²) in [5.74, 6) is 2.33. The Labute approximate surface area is 259 Å². The smallest absolute Gasteiger partial charge is 0.262 e. The Balaban J connectivity index is 1.71. The van der Waals surface area contributed by atoms with Gasteiger partial charge in [0.05, 0.1) is 56.7 Å². The molecule has 1 amide bonds. The molecule has 0 saturated heterocycles. The number of carbonyl (C=O) groups excluding carboxylic acids is 1. The van der Waals surface area contributed by atoms with Gasteiger partial charge in [-0.3, -0.25) is 14.2 Å². The van der Waals surface area contributed by atoms with Gasteiger partial charge in [0, 0.05) is 18.3 Å². The van der Waals surface area contributed by atoms with Gasteiger partial charge in [0.2, 0.25) is 5.91 Å². The summed E-state index contributed by atoms with van der Waals surface area (Å²) in [5, 5.41) is 3.51. The molecule has 0 saturated carbocycles. The van der Waals surface area contributed by atoms with Crippen LogP contribution >= 0.6 is 23.4 Å². The van der Waals surface area contributed by atoms with Crippen LogP contribution in [0.5, 0.6) is 28.7 Å². The molecule has 12 heteroatoms. The van der Waals surface area contributed by atoms with Crippen molar-refractivity contribution in [1.82, 2.24) is 9.55 Å². The highest BCUT2D eigenvalue weighted by molar-refractivity contribution is 8.00.